The molecule has 1 amide bonds. The van der Waals surface area contributed by atoms with Gasteiger partial charge in [-0.15, -0.1) is 0 Å². The number of methoxy groups -OCH3 is 1. The van der Waals surface area contributed by atoms with Crippen LogP contribution >= 0.6 is 15.9 Å². The summed E-state index contributed by atoms with van der Waals surface area (Å²) in [5.41, 5.74) is 2.37. The molecule has 2 rings (SSSR count). The van der Waals surface area contributed by atoms with E-state index < -0.39 is 11.9 Å². The Hall–Kier alpha value is -2.60. The second kappa shape index (κ2) is 9.03. The monoisotopic (exact) mass is 403 g/mol. The second-order valence-corrected chi connectivity index (χ2v) is 6.16. The molecule has 0 heterocycles. The van der Waals surface area contributed by atoms with E-state index in [2.05, 4.69) is 21.2 Å². The van der Waals surface area contributed by atoms with Crippen molar-refractivity contribution in [2.45, 2.75) is 6.92 Å². The maximum absolute atomic E-state index is 11.9. The van der Waals surface area contributed by atoms with Crippen LogP contribution < -0.4 is 10.1 Å². The molecule has 0 unspecified atom stereocenters. The first kappa shape index (κ1) is 18.7. The van der Waals surface area contributed by atoms with Crippen molar-refractivity contribution in [3.05, 3.63) is 64.1 Å². The number of ether oxygens (including phenoxy) is 2. The molecular formula is C19H18BrNO4. The fourth-order valence-electron chi connectivity index (χ4n) is 2.03. The minimum absolute atomic E-state index is 0.374. The number of nitrogens with one attached hydrogen (secondary N) is 1. The Morgan fingerprint density at radius 1 is 1.16 bits per heavy atom. The molecule has 0 aromatic heterocycles. The number of halogens is 1. The van der Waals surface area contributed by atoms with Gasteiger partial charge in [-0.3, -0.25) is 4.79 Å². The van der Waals surface area contributed by atoms with Crippen molar-refractivity contribution < 1.29 is 19.1 Å². The van der Waals surface area contributed by atoms with Crippen molar-refractivity contribution in [2.75, 3.05) is 19.0 Å². The number of hydrogen-bond acceptors (Lipinski definition) is 4. The molecule has 0 aliphatic carbocycles. The summed E-state index contributed by atoms with van der Waals surface area (Å²) in [6.07, 6.45) is 2.90. The van der Waals surface area contributed by atoms with E-state index in [0.29, 0.717) is 11.4 Å². The quantitative estimate of drug-likeness (QED) is 0.585. The Balaban J connectivity index is 1.86. The molecule has 130 valence electrons. The van der Waals surface area contributed by atoms with Crippen LogP contribution in [-0.2, 0) is 14.3 Å². The van der Waals surface area contributed by atoms with Crippen molar-refractivity contribution in [3.63, 3.8) is 0 Å². The zero-order chi connectivity index (χ0) is 18.2. The molecule has 0 radical (unpaired) electrons. The molecule has 0 aliphatic heterocycles. The van der Waals surface area contributed by atoms with Crippen molar-refractivity contribution in [2.24, 2.45) is 0 Å². The van der Waals surface area contributed by atoms with E-state index in [9.17, 15) is 9.59 Å². The lowest BCUT2D eigenvalue weighted by Gasteiger charge is -2.10. The second-order valence-electron chi connectivity index (χ2n) is 5.24. The first-order chi connectivity index (χ1) is 12.0. The minimum atomic E-state index is -0.589. The summed E-state index contributed by atoms with van der Waals surface area (Å²) in [5, 5.41) is 2.67. The molecule has 0 aliphatic rings. The van der Waals surface area contributed by atoms with Crippen LogP contribution in [0.5, 0.6) is 5.75 Å². The number of hydrogen-bond donors (Lipinski definition) is 1. The molecule has 2 aromatic rings. The van der Waals surface area contributed by atoms with Crippen LogP contribution in [0.25, 0.3) is 6.08 Å². The largest absolute Gasteiger partial charge is 0.495 e. The molecule has 25 heavy (non-hydrogen) atoms. The Morgan fingerprint density at radius 2 is 1.88 bits per heavy atom. The average Bonchev–Trinajstić information content (AvgIpc) is 2.59. The zero-order valence-corrected chi connectivity index (χ0v) is 15.5. The van der Waals surface area contributed by atoms with Crippen molar-refractivity contribution in [1.29, 1.82) is 0 Å². The Bertz CT molecular complexity index is 785. The van der Waals surface area contributed by atoms with Crippen LogP contribution in [0.4, 0.5) is 5.69 Å². The number of rotatable bonds is 6. The maximum atomic E-state index is 11.9. The smallest absolute Gasteiger partial charge is 0.331 e. The lowest BCUT2D eigenvalue weighted by molar-refractivity contribution is -0.142. The predicted octanol–water partition coefficient (Wildman–Crippen LogP) is 3.96. The van der Waals surface area contributed by atoms with Gasteiger partial charge in [-0.2, -0.15) is 0 Å². The van der Waals surface area contributed by atoms with Crippen molar-refractivity contribution in [1.82, 2.24) is 0 Å². The molecule has 2 aromatic carbocycles. The maximum Gasteiger partial charge on any atom is 0.331 e. The molecule has 6 heteroatoms. The SMILES string of the molecule is COc1ccc(C)cc1NC(=O)COC(=O)/C=C/c1ccc(Br)cc1. The fraction of sp³-hybridized carbons (Fsp3) is 0.158. The van der Waals surface area contributed by atoms with E-state index in [1.54, 1.807) is 18.2 Å². The predicted molar refractivity (Wildman–Crippen MR) is 100 cm³/mol. The Labute approximate surface area is 154 Å². The number of anilines is 1. The topological polar surface area (TPSA) is 64.6 Å². The highest BCUT2D eigenvalue weighted by Crippen LogP contribution is 2.25. The van der Waals surface area contributed by atoms with Gasteiger partial charge in [0, 0.05) is 10.5 Å². The van der Waals surface area contributed by atoms with Gasteiger partial charge < -0.3 is 14.8 Å². The van der Waals surface area contributed by atoms with Crippen LogP contribution in [0, 0.1) is 6.92 Å². The van der Waals surface area contributed by atoms with Crippen molar-refractivity contribution in [3.8, 4) is 5.75 Å². The summed E-state index contributed by atoms with van der Waals surface area (Å²) in [5.74, 6) is -0.482. The molecular weight excluding hydrogens is 386 g/mol. The Morgan fingerprint density at radius 3 is 2.56 bits per heavy atom. The zero-order valence-electron chi connectivity index (χ0n) is 13.9. The van der Waals surface area contributed by atoms with Gasteiger partial charge in [-0.05, 0) is 48.4 Å². The van der Waals surface area contributed by atoms with Gasteiger partial charge in [-0.1, -0.05) is 34.1 Å². The van der Waals surface area contributed by atoms with Crippen LogP contribution in [0.15, 0.2) is 53.0 Å². The molecule has 0 bridgehead atoms. The third-order valence-corrected chi connectivity index (χ3v) is 3.79. The van der Waals surface area contributed by atoms with E-state index >= 15 is 0 Å². The van der Waals surface area contributed by atoms with Crippen molar-refractivity contribution >= 4 is 39.6 Å². The van der Waals surface area contributed by atoms with Gasteiger partial charge in [-0.25, -0.2) is 4.79 Å². The lowest BCUT2D eigenvalue weighted by atomic mass is 10.2. The normalized spacial score (nSPS) is 10.5. The molecule has 5 nitrogen and oxygen atoms in total. The standard InChI is InChI=1S/C19H18BrNO4/c1-13-3-9-17(24-2)16(11-13)21-18(22)12-25-19(23)10-6-14-4-7-15(20)8-5-14/h3-11H,12H2,1-2H3,(H,21,22)/b10-6+. The van der Waals surface area contributed by atoms with E-state index in [1.807, 2.05) is 37.3 Å². The number of aryl methyl sites for hydroxylation is 1. The third kappa shape index (κ3) is 6.08. The highest BCUT2D eigenvalue weighted by atomic mass is 79.9. The molecule has 1 N–H and O–H groups in total. The number of benzene rings is 2. The highest BCUT2D eigenvalue weighted by Gasteiger charge is 2.09. The summed E-state index contributed by atoms with van der Waals surface area (Å²) in [4.78, 5) is 23.6. The van der Waals surface area contributed by atoms with Crippen LogP contribution in [0.1, 0.15) is 11.1 Å². The summed E-state index contributed by atoms with van der Waals surface area (Å²) in [7, 11) is 1.52. The molecule has 0 saturated heterocycles. The van der Waals surface area contributed by atoms with Gasteiger partial charge in [0.15, 0.2) is 6.61 Å². The molecule has 0 fully saturated rings. The van der Waals surface area contributed by atoms with Gasteiger partial charge in [0.25, 0.3) is 5.91 Å². The first-order valence-electron chi connectivity index (χ1n) is 7.53. The van der Waals surface area contributed by atoms with Crippen LogP contribution in [0.3, 0.4) is 0 Å². The molecule has 0 spiro atoms. The number of amides is 1. The van der Waals surface area contributed by atoms with Gasteiger partial charge >= 0.3 is 5.97 Å². The lowest BCUT2D eigenvalue weighted by Crippen LogP contribution is -2.20. The van der Waals surface area contributed by atoms with Gasteiger partial charge in [0.1, 0.15) is 5.75 Å². The summed E-state index contributed by atoms with van der Waals surface area (Å²) in [6, 6.07) is 12.9. The summed E-state index contributed by atoms with van der Waals surface area (Å²) >= 11 is 3.34. The van der Waals surface area contributed by atoms with E-state index in [0.717, 1.165) is 15.6 Å². The van der Waals surface area contributed by atoms with Gasteiger partial charge in [0.2, 0.25) is 0 Å². The number of esters is 1. The van der Waals surface area contributed by atoms with Gasteiger partial charge in [0.05, 0.1) is 12.8 Å². The molecule has 0 saturated carbocycles. The number of carbonyl (C=O) groups excluding carboxylic acids is 2. The Kier molecular flexibility index (Phi) is 6.77. The fourth-order valence-corrected chi connectivity index (χ4v) is 2.29. The summed E-state index contributed by atoms with van der Waals surface area (Å²) < 4.78 is 11.1. The third-order valence-electron chi connectivity index (χ3n) is 3.26. The van der Waals surface area contributed by atoms with E-state index in [-0.39, 0.29) is 6.61 Å². The van der Waals surface area contributed by atoms with Crippen LogP contribution in [0.2, 0.25) is 0 Å². The number of carbonyl (C=O) groups is 2. The molecule has 0 atom stereocenters. The first-order valence-corrected chi connectivity index (χ1v) is 8.32. The highest BCUT2D eigenvalue weighted by molar-refractivity contribution is 9.10. The van der Waals surface area contributed by atoms with E-state index in [4.69, 9.17) is 9.47 Å². The summed E-state index contributed by atoms with van der Waals surface area (Å²) in [6.45, 7) is 1.53. The average molecular weight is 404 g/mol. The minimum Gasteiger partial charge on any atom is -0.495 e. The van der Waals surface area contributed by atoms with E-state index in [1.165, 1.54) is 13.2 Å². The van der Waals surface area contributed by atoms with Crippen LogP contribution in [-0.4, -0.2) is 25.6 Å².